The summed E-state index contributed by atoms with van der Waals surface area (Å²) in [5, 5.41) is 10.7. The van der Waals surface area contributed by atoms with Crippen LogP contribution in [0.15, 0.2) is 46.0 Å². The minimum absolute atomic E-state index is 0.174. The third-order valence-electron chi connectivity index (χ3n) is 2.78. The molecule has 2 heterocycles. The Hall–Kier alpha value is -1.64. The van der Waals surface area contributed by atoms with Crippen LogP contribution in [0.1, 0.15) is 19.4 Å². The average Bonchev–Trinajstić information content (AvgIpc) is 3.02. The molecular formula is C16H19N3O3S2. The lowest BCUT2D eigenvalue weighted by Gasteiger charge is -2.07. The minimum Gasteiger partial charge on any atom is -0.459 e. The first kappa shape index (κ1) is 18.7. The summed E-state index contributed by atoms with van der Waals surface area (Å²) in [6.07, 6.45) is 2.48. The van der Waals surface area contributed by atoms with E-state index in [1.807, 2.05) is 13.0 Å². The van der Waals surface area contributed by atoms with Crippen LogP contribution in [0.5, 0.6) is 0 Å². The molecule has 0 aliphatic carbocycles. The average molecular weight is 365 g/mol. The quantitative estimate of drug-likeness (QED) is 0.474. The van der Waals surface area contributed by atoms with Gasteiger partial charge in [-0.1, -0.05) is 24.4 Å². The van der Waals surface area contributed by atoms with Crippen molar-refractivity contribution in [1.82, 2.24) is 4.98 Å². The number of nitrogens with zero attached hydrogens (tertiary/aromatic N) is 3. The van der Waals surface area contributed by atoms with E-state index >= 15 is 0 Å². The van der Waals surface area contributed by atoms with Crippen molar-refractivity contribution >= 4 is 39.6 Å². The summed E-state index contributed by atoms with van der Waals surface area (Å²) in [5.74, 6) is 0.120. The lowest BCUT2D eigenvalue weighted by Crippen LogP contribution is -2.21. The number of ether oxygens (including phenoxy) is 1. The van der Waals surface area contributed by atoms with Crippen molar-refractivity contribution in [3.63, 3.8) is 0 Å². The van der Waals surface area contributed by atoms with Gasteiger partial charge in [-0.3, -0.25) is 9.98 Å². The lowest BCUT2D eigenvalue weighted by molar-refractivity contribution is -0.145. The van der Waals surface area contributed by atoms with Crippen LogP contribution < -0.4 is 0 Å². The van der Waals surface area contributed by atoms with Crippen molar-refractivity contribution < 1.29 is 14.6 Å². The molecule has 0 aromatic carbocycles. The monoisotopic (exact) mass is 365 g/mol. The molecule has 0 bridgehead atoms. The predicted molar refractivity (Wildman–Crippen MR) is 99.2 cm³/mol. The van der Waals surface area contributed by atoms with Gasteiger partial charge in [-0.25, -0.2) is 9.79 Å². The fourth-order valence-electron chi connectivity index (χ4n) is 1.81. The van der Waals surface area contributed by atoms with E-state index in [1.54, 1.807) is 25.4 Å². The summed E-state index contributed by atoms with van der Waals surface area (Å²) in [6.45, 7) is 7.42. The van der Waals surface area contributed by atoms with Crippen molar-refractivity contribution in [2.45, 2.75) is 32.7 Å². The van der Waals surface area contributed by atoms with E-state index < -0.39 is 12.3 Å². The molecule has 8 heteroatoms. The van der Waals surface area contributed by atoms with Crippen molar-refractivity contribution in [2.75, 3.05) is 5.75 Å². The maximum Gasteiger partial charge on any atom is 0.332 e. The molecule has 1 N–H and O–H groups in total. The number of carbonyl (C=O) groups is 1. The molecule has 1 aromatic heterocycles. The molecule has 24 heavy (non-hydrogen) atoms. The number of aliphatic hydroxyl groups excluding tert-OH is 1. The van der Waals surface area contributed by atoms with Gasteiger partial charge in [-0.2, -0.15) is 0 Å². The molecule has 1 aromatic rings. The zero-order valence-electron chi connectivity index (χ0n) is 13.5. The van der Waals surface area contributed by atoms with E-state index in [4.69, 9.17) is 4.74 Å². The van der Waals surface area contributed by atoms with E-state index in [0.717, 1.165) is 10.5 Å². The maximum atomic E-state index is 12.2. The van der Waals surface area contributed by atoms with Gasteiger partial charge in [0.1, 0.15) is 22.9 Å². The highest BCUT2D eigenvalue weighted by Gasteiger charge is 2.29. The number of aliphatic hydroxyl groups is 1. The van der Waals surface area contributed by atoms with Crippen molar-refractivity contribution in [3.8, 4) is 0 Å². The number of carbonyl (C=O) groups excluding carboxylic acids is 1. The number of hydrogen-bond donors (Lipinski definition) is 1. The Morgan fingerprint density at radius 3 is 3.08 bits per heavy atom. The molecule has 6 nitrogen and oxygen atoms in total. The smallest absolute Gasteiger partial charge is 0.332 e. The zero-order chi connectivity index (χ0) is 17.5. The Morgan fingerprint density at radius 2 is 2.46 bits per heavy atom. The predicted octanol–water partition coefficient (Wildman–Crippen LogP) is 2.64. The summed E-state index contributed by atoms with van der Waals surface area (Å²) in [7, 11) is 0. The standard InChI is InChI=1S/C16H19N3O3S2/c1-10(2)24-15(18-11(3)20)14-19-13(9-23-14)16(21)22-8-12-5-4-6-17-7-12/h4-7,11,13,20H,1,8-9H2,2-3H3/t11?,13-/m1/s1. The van der Waals surface area contributed by atoms with Gasteiger partial charge in [0.05, 0.1) is 0 Å². The highest BCUT2D eigenvalue weighted by molar-refractivity contribution is 8.26. The number of hydrogen-bond acceptors (Lipinski definition) is 8. The van der Waals surface area contributed by atoms with Crippen LogP contribution in [-0.4, -0.2) is 44.2 Å². The lowest BCUT2D eigenvalue weighted by atomic mass is 10.3. The van der Waals surface area contributed by atoms with E-state index in [9.17, 15) is 9.90 Å². The van der Waals surface area contributed by atoms with Crippen molar-refractivity contribution in [3.05, 3.63) is 41.6 Å². The fraction of sp³-hybridized carbons (Fsp3) is 0.375. The molecule has 0 spiro atoms. The largest absolute Gasteiger partial charge is 0.459 e. The van der Waals surface area contributed by atoms with Crippen LogP contribution in [0.4, 0.5) is 0 Å². The van der Waals surface area contributed by atoms with Gasteiger partial charge in [0.2, 0.25) is 0 Å². The Balaban J connectivity index is 2.00. The molecule has 0 saturated heterocycles. The topological polar surface area (TPSA) is 84.1 Å². The van der Waals surface area contributed by atoms with E-state index in [-0.39, 0.29) is 12.6 Å². The molecule has 128 valence electrons. The van der Waals surface area contributed by atoms with Gasteiger partial charge in [-0.15, -0.1) is 11.8 Å². The summed E-state index contributed by atoms with van der Waals surface area (Å²) in [4.78, 5) is 25.5. The number of aliphatic imine (C=N–C) groups is 2. The Kier molecular flexibility index (Phi) is 7.01. The Bertz CT molecular complexity index is 660. The van der Waals surface area contributed by atoms with Gasteiger partial charge >= 0.3 is 5.97 Å². The zero-order valence-corrected chi connectivity index (χ0v) is 15.1. The van der Waals surface area contributed by atoms with E-state index in [0.29, 0.717) is 15.8 Å². The number of esters is 1. The molecule has 0 saturated carbocycles. The second kappa shape index (κ2) is 9.00. The van der Waals surface area contributed by atoms with Crippen LogP contribution in [0.3, 0.4) is 0 Å². The molecule has 0 fully saturated rings. The fourth-order valence-corrected chi connectivity index (χ4v) is 3.69. The molecule has 1 aliphatic heterocycles. The highest BCUT2D eigenvalue weighted by atomic mass is 32.2. The van der Waals surface area contributed by atoms with Crippen molar-refractivity contribution in [1.29, 1.82) is 0 Å². The number of rotatable bonds is 6. The first-order chi connectivity index (χ1) is 11.5. The second-order valence-electron chi connectivity index (χ2n) is 5.10. The van der Waals surface area contributed by atoms with Gasteiger partial charge in [0.25, 0.3) is 0 Å². The molecule has 0 amide bonds. The SMILES string of the molecule is C=C(C)SC(=NC(C)O)C1=N[C@@H](C(=O)OCc2cccnc2)CS1. The third-order valence-corrected chi connectivity index (χ3v) is 4.81. The summed E-state index contributed by atoms with van der Waals surface area (Å²) in [6, 6.07) is 3.07. The number of allylic oxidation sites excluding steroid dienone is 1. The number of thioether (sulfide) groups is 2. The first-order valence-electron chi connectivity index (χ1n) is 7.31. The van der Waals surface area contributed by atoms with Crippen LogP contribution in [0, 0.1) is 0 Å². The molecule has 2 atom stereocenters. The molecule has 0 radical (unpaired) electrons. The molecule has 1 aliphatic rings. The second-order valence-corrected chi connectivity index (χ2v) is 7.40. The third kappa shape index (κ3) is 5.77. The molecule has 1 unspecified atom stereocenters. The summed E-state index contributed by atoms with van der Waals surface area (Å²) in [5.41, 5.74) is 0.829. The molecular weight excluding hydrogens is 346 g/mol. The van der Waals surface area contributed by atoms with E-state index in [2.05, 4.69) is 21.5 Å². The van der Waals surface area contributed by atoms with Crippen LogP contribution in [0.2, 0.25) is 0 Å². The summed E-state index contributed by atoms with van der Waals surface area (Å²) >= 11 is 2.76. The first-order valence-corrected chi connectivity index (χ1v) is 9.11. The number of pyridine rings is 1. The van der Waals surface area contributed by atoms with Gasteiger partial charge in [0, 0.05) is 23.7 Å². The Labute approximate surface area is 149 Å². The van der Waals surface area contributed by atoms with Crippen LogP contribution in [-0.2, 0) is 16.1 Å². The van der Waals surface area contributed by atoms with Gasteiger partial charge in [-0.05, 0) is 24.8 Å². The van der Waals surface area contributed by atoms with Crippen LogP contribution in [0.25, 0.3) is 0 Å². The maximum absolute atomic E-state index is 12.2. The van der Waals surface area contributed by atoms with Gasteiger partial charge < -0.3 is 9.84 Å². The summed E-state index contributed by atoms with van der Waals surface area (Å²) < 4.78 is 5.29. The van der Waals surface area contributed by atoms with Crippen LogP contribution >= 0.6 is 23.5 Å². The highest BCUT2D eigenvalue weighted by Crippen LogP contribution is 2.27. The minimum atomic E-state index is -0.841. The normalized spacial score (nSPS) is 18.9. The van der Waals surface area contributed by atoms with E-state index in [1.165, 1.54) is 23.5 Å². The Morgan fingerprint density at radius 1 is 1.67 bits per heavy atom. The van der Waals surface area contributed by atoms with Gasteiger partial charge in [0.15, 0.2) is 6.04 Å². The van der Waals surface area contributed by atoms with Crippen molar-refractivity contribution in [2.24, 2.45) is 9.98 Å². The molecule has 2 rings (SSSR count). The number of aromatic nitrogens is 1.